The van der Waals surface area contributed by atoms with Crippen molar-refractivity contribution in [1.29, 1.82) is 0 Å². The number of carbonyl (C=O) groups is 2. The van der Waals surface area contributed by atoms with E-state index >= 15 is 0 Å². The van der Waals surface area contributed by atoms with Crippen LogP contribution in [0.15, 0.2) is 48.5 Å². The Hall–Kier alpha value is -3.49. The molecule has 1 saturated heterocycles. The maximum absolute atomic E-state index is 12.6. The van der Waals surface area contributed by atoms with Crippen LogP contribution in [0.2, 0.25) is 5.02 Å². The molecule has 0 bridgehead atoms. The monoisotopic (exact) mass is 482 g/mol. The van der Waals surface area contributed by atoms with Crippen molar-refractivity contribution in [2.75, 3.05) is 45.0 Å². The number of methoxy groups -OCH3 is 1. The summed E-state index contributed by atoms with van der Waals surface area (Å²) < 4.78 is 16.5. The molecule has 176 valence electrons. The summed E-state index contributed by atoms with van der Waals surface area (Å²) in [5.41, 5.74) is 2.23. The highest BCUT2D eigenvalue weighted by molar-refractivity contribution is 6.34. The van der Waals surface area contributed by atoms with Crippen LogP contribution in [0.3, 0.4) is 0 Å². The average molecular weight is 483 g/mol. The molecular formula is C25H23ClN2O6. The van der Waals surface area contributed by atoms with Gasteiger partial charge in [0.25, 0.3) is 5.91 Å². The molecule has 0 saturated carbocycles. The Bertz CT molecular complexity index is 1270. The molecule has 9 heteroatoms. The molecular weight excluding hydrogens is 460 g/mol. The molecule has 34 heavy (non-hydrogen) atoms. The lowest BCUT2D eigenvalue weighted by atomic mass is 9.96. The highest BCUT2D eigenvalue weighted by Crippen LogP contribution is 2.44. The lowest BCUT2D eigenvalue weighted by Gasteiger charge is -2.41. The SMILES string of the molecule is COCOc1cc(-c2cc3c(cc2Cl)N(CC2CN(C(=O)O)C2)C(=O)CO3)c2ccccc2c1. The van der Waals surface area contributed by atoms with Gasteiger partial charge in [0.05, 0.1) is 10.7 Å². The molecule has 1 fully saturated rings. The Morgan fingerprint density at radius 1 is 1.18 bits per heavy atom. The molecule has 5 rings (SSSR count). The zero-order valence-electron chi connectivity index (χ0n) is 18.5. The summed E-state index contributed by atoms with van der Waals surface area (Å²) in [6.07, 6.45) is -0.943. The van der Waals surface area contributed by atoms with E-state index in [1.54, 1.807) is 18.1 Å². The summed E-state index contributed by atoms with van der Waals surface area (Å²) in [6.45, 7) is 1.26. The van der Waals surface area contributed by atoms with Crippen LogP contribution in [-0.2, 0) is 9.53 Å². The number of likely N-dealkylation sites (tertiary alicyclic amines) is 1. The van der Waals surface area contributed by atoms with Gasteiger partial charge in [-0.2, -0.15) is 0 Å². The zero-order chi connectivity index (χ0) is 23.8. The number of fused-ring (bicyclic) bond motifs is 2. The number of hydrogen-bond donors (Lipinski definition) is 1. The lowest BCUT2D eigenvalue weighted by molar-refractivity contribution is -0.121. The topological polar surface area (TPSA) is 88.5 Å². The summed E-state index contributed by atoms with van der Waals surface area (Å²) in [6, 6.07) is 15.4. The minimum Gasteiger partial charge on any atom is -0.482 e. The van der Waals surface area contributed by atoms with Gasteiger partial charge in [-0.25, -0.2) is 4.79 Å². The number of nitrogens with zero attached hydrogens (tertiary/aromatic N) is 2. The average Bonchev–Trinajstić information content (AvgIpc) is 2.80. The van der Waals surface area contributed by atoms with E-state index in [1.165, 1.54) is 4.90 Å². The molecule has 2 aliphatic heterocycles. The van der Waals surface area contributed by atoms with Gasteiger partial charge in [0.2, 0.25) is 0 Å². The van der Waals surface area contributed by atoms with Gasteiger partial charge in [-0.1, -0.05) is 35.9 Å². The smallest absolute Gasteiger partial charge is 0.407 e. The number of halogens is 1. The van der Waals surface area contributed by atoms with E-state index in [1.807, 2.05) is 42.5 Å². The van der Waals surface area contributed by atoms with Crippen molar-refractivity contribution in [1.82, 2.24) is 4.90 Å². The van der Waals surface area contributed by atoms with Crippen LogP contribution in [0.4, 0.5) is 10.5 Å². The van der Waals surface area contributed by atoms with Crippen LogP contribution >= 0.6 is 11.6 Å². The second kappa shape index (κ2) is 9.04. The van der Waals surface area contributed by atoms with Gasteiger partial charge in [0.1, 0.15) is 11.5 Å². The van der Waals surface area contributed by atoms with Gasteiger partial charge in [-0.3, -0.25) is 4.79 Å². The second-order valence-corrected chi connectivity index (χ2v) is 8.80. The molecule has 0 unspecified atom stereocenters. The van der Waals surface area contributed by atoms with E-state index in [0.29, 0.717) is 41.8 Å². The Balaban J connectivity index is 1.51. The van der Waals surface area contributed by atoms with Crippen LogP contribution in [0.25, 0.3) is 21.9 Å². The minimum atomic E-state index is -0.943. The van der Waals surface area contributed by atoms with E-state index in [9.17, 15) is 9.59 Å². The molecule has 8 nitrogen and oxygen atoms in total. The first-order chi connectivity index (χ1) is 16.4. The van der Waals surface area contributed by atoms with Crippen LogP contribution in [0.5, 0.6) is 11.5 Å². The van der Waals surface area contributed by atoms with Gasteiger partial charge in [-0.15, -0.1) is 0 Å². The first kappa shape index (κ1) is 22.3. The summed E-state index contributed by atoms with van der Waals surface area (Å²) in [7, 11) is 1.56. The lowest BCUT2D eigenvalue weighted by Crippen LogP contribution is -2.55. The van der Waals surface area contributed by atoms with E-state index in [2.05, 4.69) is 0 Å². The number of carboxylic acid groups (broad SMARTS) is 1. The molecule has 0 spiro atoms. The molecule has 2 aliphatic rings. The quantitative estimate of drug-likeness (QED) is 0.521. The number of anilines is 1. The molecule has 1 N–H and O–H groups in total. The Morgan fingerprint density at radius 2 is 1.97 bits per heavy atom. The molecule has 3 aromatic carbocycles. The highest BCUT2D eigenvalue weighted by Gasteiger charge is 2.36. The molecule has 2 heterocycles. The van der Waals surface area contributed by atoms with Crippen molar-refractivity contribution in [3.05, 3.63) is 53.6 Å². The second-order valence-electron chi connectivity index (χ2n) is 8.39. The zero-order valence-corrected chi connectivity index (χ0v) is 19.2. The minimum absolute atomic E-state index is 0.0722. The number of hydrogen-bond acceptors (Lipinski definition) is 5. The third kappa shape index (κ3) is 4.10. The maximum Gasteiger partial charge on any atom is 0.407 e. The fourth-order valence-electron chi connectivity index (χ4n) is 4.44. The van der Waals surface area contributed by atoms with Crippen LogP contribution in [0, 0.1) is 5.92 Å². The van der Waals surface area contributed by atoms with Gasteiger partial charge in [0, 0.05) is 38.2 Å². The third-order valence-corrected chi connectivity index (χ3v) is 6.44. The van der Waals surface area contributed by atoms with E-state index in [0.717, 1.165) is 21.9 Å². The fraction of sp³-hybridized carbons (Fsp3) is 0.280. The summed E-state index contributed by atoms with van der Waals surface area (Å²) >= 11 is 6.77. The van der Waals surface area contributed by atoms with Crippen molar-refractivity contribution >= 4 is 40.1 Å². The number of amides is 2. The highest BCUT2D eigenvalue weighted by atomic mass is 35.5. The maximum atomic E-state index is 12.6. The summed E-state index contributed by atoms with van der Waals surface area (Å²) in [5, 5.41) is 11.5. The molecule has 3 aromatic rings. The van der Waals surface area contributed by atoms with Gasteiger partial charge < -0.3 is 29.1 Å². The van der Waals surface area contributed by atoms with Crippen LogP contribution in [0.1, 0.15) is 0 Å². The summed E-state index contributed by atoms with van der Waals surface area (Å²) in [4.78, 5) is 26.7. The van der Waals surface area contributed by atoms with E-state index in [-0.39, 0.29) is 25.2 Å². The molecule has 0 aliphatic carbocycles. The predicted octanol–water partition coefficient (Wildman–Crippen LogP) is 4.48. The largest absolute Gasteiger partial charge is 0.482 e. The Kier molecular flexibility index (Phi) is 5.93. The van der Waals surface area contributed by atoms with Gasteiger partial charge in [0.15, 0.2) is 13.4 Å². The normalized spacial score (nSPS) is 15.6. The van der Waals surface area contributed by atoms with Crippen molar-refractivity contribution in [3.63, 3.8) is 0 Å². The number of benzene rings is 3. The van der Waals surface area contributed by atoms with Crippen molar-refractivity contribution in [3.8, 4) is 22.6 Å². The molecule has 0 radical (unpaired) electrons. The molecule has 2 amide bonds. The Labute approximate surface area is 201 Å². The summed E-state index contributed by atoms with van der Waals surface area (Å²) in [5.74, 6) is 1.10. The molecule has 0 atom stereocenters. The number of ether oxygens (including phenoxy) is 3. The van der Waals surface area contributed by atoms with E-state index < -0.39 is 6.09 Å². The van der Waals surface area contributed by atoms with Gasteiger partial charge >= 0.3 is 6.09 Å². The Morgan fingerprint density at radius 3 is 2.74 bits per heavy atom. The first-order valence-corrected chi connectivity index (χ1v) is 11.2. The van der Waals surface area contributed by atoms with Crippen LogP contribution < -0.4 is 14.4 Å². The third-order valence-electron chi connectivity index (χ3n) is 6.13. The predicted molar refractivity (Wildman–Crippen MR) is 128 cm³/mol. The molecule has 0 aromatic heterocycles. The van der Waals surface area contributed by atoms with Crippen molar-refractivity contribution in [2.45, 2.75) is 0 Å². The van der Waals surface area contributed by atoms with E-state index in [4.69, 9.17) is 30.9 Å². The fourth-order valence-corrected chi connectivity index (χ4v) is 4.70. The number of carbonyl (C=O) groups excluding carboxylic acids is 1. The first-order valence-electron chi connectivity index (χ1n) is 10.8. The van der Waals surface area contributed by atoms with Crippen molar-refractivity contribution in [2.24, 2.45) is 5.92 Å². The van der Waals surface area contributed by atoms with Crippen molar-refractivity contribution < 1.29 is 28.9 Å². The van der Waals surface area contributed by atoms with Gasteiger partial charge in [-0.05, 0) is 40.6 Å². The number of rotatable bonds is 6. The standard InChI is InChI=1S/C25H23ClN2O6/c1-32-14-34-17-6-16-4-2-3-5-18(16)19(7-17)20-8-23-22(9-21(20)26)28(24(29)13-33-23)12-15-10-27(11-15)25(30)31/h2-9,15H,10-14H2,1H3,(H,30,31). The van der Waals surface area contributed by atoms with Crippen LogP contribution in [-0.4, -0.2) is 62.2 Å².